The molecule has 2 nitrogen and oxygen atoms in total. The number of rotatable bonds is 1. The molecule has 0 atom stereocenters. The maximum atomic E-state index is 9.49. The average Bonchev–Trinajstić information content (AvgIpc) is 2.06. The summed E-state index contributed by atoms with van der Waals surface area (Å²) in [6.45, 7) is 5.00. The molecule has 72 valence electrons. The maximum absolute atomic E-state index is 9.49. The van der Waals surface area contributed by atoms with Gasteiger partial charge in [0.1, 0.15) is 6.29 Å². The lowest BCUT2D eigenvalue weighted by molar-refractivity contribution is -0.106. The van der Waals surface area contributed by atoms with Gasteiger partial charge >= 0.3 is 0 Å². The second kappa shape index (κ2) is 5.49. The summed E-state index contributed by atoms with van der Waals surface area (Å²) in [5.74, 6) is 0. The molecule has 0 heterocycles. The summed E-state index contributed by atoms with van der Waals surface area (Å²) in [5.41, 5.74) is 0.247. The largest absolute Gasteiger partial charge is 0.386 e. The van der Waals surface area contributed by atoms with Crippen molar-refractivity contribution in [3.8, 4) is 0 Å². The van der Waals surface area contributed by atoms with Crippen molar-refractivity contribution in [3.05, 3.63) is 35.9 Å². The number of hydrogen-bond acceptors (Lipinski definition) is 2. The van der Waals surface area contributed by atoms with Crippen LogP contribution < -0.4 is 0 Å². The van der Waals surface area contributed by atoms with Gasteiger partial charge in [0.25, 0.3) is 0 Å². The van der Waals surface area contributed by atoms with Gasteiger partial charge < -0.3 is 9.90 Å². The van der Waals surface area contributed by atoms with Crippen molar-refractivity contribution >= 4 is 6.29 Å². The summed E-state index contributed by atoms with van der Waals surface area (Å²) in [5, 5.41) is 9.49. The highest BCUT2D eigenvalue weighted by atomic mass is 16.3. The van der Waals surface area contributed by atoms with Crippen LogP contribution in [0.25, 0.3) is 0 Å². The quantitative estimate of drug-likeness (QED) is 0.672. The molecule has 1 aromatic carbocycles. The molecular formula is C11H16O2. The summed E-state index contributed by atoms with van der Waals surface area (Å²) in [7, 11) is 0. The van der Waals surface area contributed by atoms with Crippen LogP contribution in [0.2, 0.25) is 0 Å². The Balaban J connectivity index is 0.000000424. The van der Waals surface area contributed by atoms with E-state index in [-0.39, 0.29) is 0 Å². The SMILES string of the molecule is CC(C)(O)c1ccccc1.CC=O. The molecule has 0 unspecified atom stereocenters. The average molecular weight is 180 g/mol. The number of carbonyl (C=O) groups is 1. The third-order valence-corrected chi connectivity index (χ3v) is 1.48. The number of aldehydes is 1. The minimum Gasteiger partial charge on any atom is -0.386 e. The molecular weight excluding hydrogens is 164 g/mol. The van der Waals surface area contributed by atoms with Gasteiger partial charge in [0.05, 0.1) is 5.60 Å². The van der Waals surface area contributed by atoms with Crippen LogP contribution in [0.4, 0.5) is 0 Å². The highest BCUT2D eigenvalue weighted by Gasteiger charge is 2.13. The van der Waals surface area contributed by atoms with Gasteiger partial charge in [-0.2, -0.15) is 0 Å². The van der Waals surface area contributed by atoms with Gasteiger partial charge in [-0.1, -0.05) is 30.3 Å². The smallest absolute Gasteiger partial charge is 0.116 e. The minimum atomic E-state index is -0.707. The van der Waals surface area contributed by atoms with Gasteiger partial charge in [0.2, 0.25) is 0 Å². The van der Waals surface area contributed by atoms with Crippen molar-refractivity contribution < 1.29 is 9.90 Å². The standard InChI is InChI=1S/C9H12O.C2H4O/c1-9(2,10)8-6-4-3-5-7-8;1-2-3/h3-7,10H,1-2H3;2H,1H3. The predicted octanol–water partition coefficient (Wildman–Crippen LogP) is 2.12. The van der Waals surface area contributed by atoms with Crippen molar-refractivity contribution in [3.63, 3.8) is 0 Å². The molecule has 13 heavy (non-hydrogen) atoms. The monoisotopic (exact) mass is 180 g/mol. The highest BCUT2D eigenvalue weighted by Crippen LogP contribution is 2.17. The molecule has 0 saturated carbocycles. The van der Waals surface area contributed by atoms with Crippen molar-refractivity contribution in [2.75, 3.05) is 0 Å². The van der Waals surface area contributed by atoms with Gasteiger partial charge in [0, 0.05) is 0 Å². The van der Waals surface area contributed by atoms with E-state index in [1.165, 1.54) is 6.92 Å². The van der Waals surface area contributed by atoms with Crippen LogP contribution in [-0.4, -0.2) is 11.4 Å². The fourth-order valence-electron chi connectivity index (χ4n) is 0.846. The summed E-state index contributed by atoms with van der Waals surface area (Å²) in [6.07, 6.45) is 0.750. The first-order chi connectivity index (χ1) is 6.02. The van der Waals surface area contributed by atoms with Crippen LogP contribution >= 0.6 is 0 Å². The van der Waals surface area contributed by atoms with Gasteiger partial charge in [-0.05, 0) is 26.3 Å². The summed E-state index contributed by atoms with van der Waals surface area (Å²) in [4.78, 5) is 8.81. The lowest BCUT2D eigenvalue weighted by Crippen LogP contribution is -2.14. The molecule has 1 aromatic rings. The Morgan fingerprint density at radius 3 is 1.85 bits per heavy atom. The van der Waals surface area contributed by atoms with Crippen LogP contribution in [0.15, 0.2) is 30.3 Å². The van der Waals surface area contributed by atoms with Gasteiger partial charge in [-0.15, -0.1) is 0 Å². The molecule has 0 bridgehead atoms. The Kier molecular flexibility index (Phi) is 5.00. The van der Waals surface area contributed by atoms with Crippen molar-refractivity contribution in [2.45, 2.75) is 26.4 Å². The van der Waals surface area contributed by atoms with Gasteiger partial charge in [-0.25, -0.2) is 0 Å². The Bertz CT molecular complexity index is 234. The molecule has 1 N–H and O–H groups in total. The Labute approximate surface area is 79.2 Å². The van der Waals surface area contributed by atoms with Crippen molar-refractivity contribution in [1.82, 2.24) is 0 Å². The molecule has 0 aliphatic heterocycles. The molecule has 0 saturated heterocycles. The van der Waals surface area contributed by atoms with E-state index in [2.05, 4.69) is 0 Å². The summed E-state index contributed by atoms with van der Waals surface area (Å²) in [6, 6.07) is 9.62. The topological polar surface area (TPSA) is 37.3 Å². The molecule has 0 amide bonds. The van der Waals surface area contributed by atoms with Gasteiger partial charge in [-0.3, -0.25) is 0 Å². The highest BCUT2D eigenvalue weighted by molar-refractivity contribution is 5.44. The third kappa shape index (κ3) is 5.15. The normalized spacial score (nSPS) is 9.85. The molecule has 0 radical (unpaired) electrons. The van der Waals surface area contributed by atoms with Crippen LogP contribution in [-0.2, 0) is 10.4 Å². The van der Waals surface area contributed by atoms with Crippen molar-refractivity contribution in [2.24, 2.45) is 0 Å². The first kappa shape index (κ1) is 11.8. The maximum Gasteiger partial charge on any atom is 0.116 e. The second-order valence-corrected chi connectivity index (χ2v) is 3.16. The number of aliphatic hydroxyl groups is 1. The Morgan fingerprint density at radius 1 is 1.23 bits per heavy atom. The first-order valence-electron chi connectivity index (χ1n) is 4.20. The molecule has 2 heteroatoms. The molecule has 0 aromatic heterocycles. The van der Waals surface area contributed by atoms with Crippen LogP contribution in [0.3, 0.4) is 0 Å². The zero-order chi connectivity index (χ0) is 10.3. The number of carbonyl (C=O) groups excluding carboxylic acids is 1. The van der Waals surface area contributed by atoms with Gasteiger partial charge in [0.15, 0.2) is 0 Å². The van der Waals surface area contributed by atoms with E-state index in [1.54, 1.807) is 13.8 Å². The Morgan fingerprint density at radius 2 is 1.62 bits per heavy atom. The molecule has 0 spiro atoms. The molecule has 0 aliphatic carbocycles. The van der Waals surface area contributed by atoms with Crippen LogP contribution in [0.1, 0.15) is 26.3 Å². The van der Waals surface area contributed by atoms with Crippen LogP contribution in [0, 0.1) is 0 Å². The van der Waals surface area contributed by atoms with E-state index >= 15 is 0 Å². The van der Waals surface area contributed by atoms with E-state index < -0.39 is 5.60 Å². The summed E-state index contributed by atoms with van der Waals surface area (Å²) < 4.78 is 0. The Hall–Kier alpha value is -1.15. The third-order valence-electron chi connectivity index (χ3n) is 1.48. The van der Waals surface area contributed by atoms with E-state index in [9.17, 15) is 5.11 Å². The zero-order valence-corrected chi connectivity index (χ0v) is 8.32. The second-order valence-electron chi connectivity index (χ2n) is 3.16. The van der Waals surface area contributed by atoms with Crippen LogP contribution in [0.5, 0.6) is 0 Å². The number of benzene rings is 1. The van der Waals surface area contributed by atoms with E-state index in [1.807, 2.05) is 30.3 Å². The molecule has 0 fully saturated rings. The van der Waals surface area contributed by atoms with E-state index in [0.29, 0.717) is 0 Å². The fraction of sp³-hybridized carbons (Fsp3) is 0.364. The number of hydrogen-bond donors (Lipinski definition) is 1. The van der Waals surface area contributed by atoms with E-state index in [0.717, 1.165) is 11.8 Å². The first-order valence-corrected chi connectivity index (χ1v) is 4.20. The summed E-state index contributed by atoms with van der Waals surface area (Å²) >= 11 is 0. The predicted molar refractivity (Wildman–Crippen MR) is 53.4 cm³/mol. The van der Waals surface area contributed by atoms with Crippen molar-refractivity contribution in [1.29, 1.82) is 0 Å². The zero-order valence-electron chi connectivity index (χ0n) is 8.32. The lowest BCUT2D eigenvalue weighted by Gasteiger charge is -2.16. The lowest BCUT2D eigenvalue weighted by atomic mass is 9.99. The van der Waals surface area contributed by atoms with E-state index in [4.69, 9.17) is 4.79 Å². The molecule has 0 aliphatic rings. The fourth-order valence-corrected chi connectivity index (χ4v) is 0.846. The minimum absolute atomic E-state index is 0.707. The molecule has 1 rings (SSSR count).